The molecule has 0 radical (unpaired) electrons. The van der Waals surface area contributed by atoms with E-state index in [1.54, 1.807) is 43.5 Å². The highest BCUT2D eigenvalue weighted by molar-refractivity contribution is 9.10. The van der Waals surface area contributed by atoms with Gasteiger partial charge in [0.1, 0.15) is 16.0 Å². The van der Waals surface area contributed by atoms with Crippen molar-refractivity contribution in [2.75, 3.05) is 20.0 Å². The van der Waals surface area contributed by atoms with E-state index in [0.717, 1.165) is 0 Å². The van der Waals surface area contributed by atoms with Crippen LogP contribution in [0.25, 0.3) is 0 Å². The number of ether oxygens (including phenoxy) is 2. The van der Waals surface area contributed by atoms with Gasteiger partial charge >= 0.3 is 0 Å². The Kier molecular flexibility index (Phi) is 4.29. The maximum Gasteiger partial charge on any atom is 0.196 e. The molecule has 0 aliphatic carbocycles. The summed E-state index contributed by atoms with van der Waals surface area (Å²) < 4.78 is 11.1. The van der Waals surface area contributed by atoms with Gasteiger partial charge in [0.15, 0.2) is 5.78 Å². The minimum Gasteiger partial charge on any atom is -0.495 e. The van der Waals surface area contributed by atoms with Gasteiger partial charge in [0.2, 0.25) is 0 Å². The second kappa shape index (κ2) is 5.96. The van der Waals surface area contributed by atoms with Gasteiger partial charge < -0.3 is 15.2 Å². The molecule has 4 nitrogen and oxygen atoms in total. The molecule has 2 aromatic carbocycles. The SMILES string of the molecule is COc1ccc(C(=O)c2ccc(N)cc2)c(OC)c1Br. The first kappa shape index (κ1) is 14.4. The molecule has 2 rings (SSSR count). The average Bonchev–Trinajstić information content (AvgIpc) is 2.47. The number of nitrogens with two attached hydrogens (primary N) is 1. The first-order chi connectivity index (χ1) is 9.58. The highest BCUT2D eigenvalue weighted by atomic mass is 79.9. The van der Waals surface area contributed by atoms with Gasteiger partial charge in [-0.3, -0.25) is 4.79 Å². The summed E-state index contributed by atoms with van der Waals surface area (Å²) in [6.07, 6.45) is 0. The number of ketones is 1. The van der Waals surface area contributed by atoms with Crippen LogP contribution < -0.4 is 15.2 Å². The summed E-state index contributed by atoms with van der Waals surface area (Å²) in [5, 5.41) is 0. The Morgan fingerprint density at radius 1 is 1.05 bits per heavy atom. The van der Waals surface area contributed by atoms with Crippen molar-refractivity contribution in [1.29, 1.82) is 0 Å². The summed E-state index contributed by atoms with van der Waals surface area (Å²) >= 11 is 3.38. The Morgan fingerprint density at radius 2 is 1.70 bits per heavy atom. The Bertz CT molecular complexity index is 638. The summed E-state index contributed by atoms with van der Waals surface area (Å²) in [7, 11) is 3.07. The van der Waals surface area contributed by atoms with E-state index in [2.05, 4.69) is 15.9 Å². The van der Waals surface area contributed by atoms with E-state index in [4.69, 9.17) is 15.2 Å². The van der Waals surface area contributed by atoms with Crippen molar-refractivity contribution >= 4 is 27.4 Å². The lowest BCUT2D eigenvalue weighted by molar-refractivity contribution is 0.103. The maximum absolute atomic E-state index is 12.5. The first-order valence-electron chi connectivity index (χ1n) is 5.89. The molecule has 0 bridgehead atoms. The second-order valence-electron chi connectivity index (χ2n) is 4.11. The van der Waals surface area contributed by atoms with Crippen LogP contribution in [0.5, 0.6) is 11.5 Å². The van der Waals surface area contributed by atoms with Crippen LogP contribution in [0.4, 0.5) is 5.69 Å². The van der Waals surface area contributed by atoms with Crippen molar-refractivity contribution in [3.8, 4) is 11.5 Å². The Labute approximate surface area is 125 Å². The molecule has 0 saturated carbocycles. The fourth-order valence-corrected chi connectivity index (χ4v) is 2.53. The lowest BCUT2D eigenvalue weighted by Gasteiger charge is -2.12. The van der Waals surface area contributed by atoms with Crippen LogP contribution in [0, 0.1) is 0 Å². The van der Waals surface area contributed by atoms with Crippen molar-refractivity contribution < 1.29 is 14.3 Å². The number of anilines is 1. The molecule has 2 aromatic rings. The number of hydrogen-bond donors (Lipinski definition) is 1. The van der Waals surface area contributed by atoms with E-state index in [-0.39, 0.29) is 5.78 Å². The molecule has 0 aromatic heterocycles. The molecular formula is C15H14BrNO3. The van der Waals surface area contributed by atoms with Crippen LogP contribution in [-0.4, -0.2) is 20.0 Å². The van der Waals surface area contributed by atoms with E-state index in [9.17, 15) is 4.79 Å². The Balaban J connectivity index is 2.49. The molecule has 0 fully saturated rings. The molecule has 0 aliphatic heterocycles. The van der Waals surface area contributed by atoms with Crippen molar-refractivity contribution in [3.05, 3.63) is 52.0 Å². The van der Waals surface area contributed by atoms with Gasteiger partial charge in [-0.05, 0) is 52.3 Å². The normalized spacial score (nSPS) is 10.2. The molecule has 104 valence electrons. The molecule has 0 atom stereocenters. The fraction of sp³-hybridized carbons (Fsp3) is 0.133. The minimum atomic E-state index is -0.134. The number of nitrogen functional groups attached to an aromatic ring is 1. The highest BCUT2D eigenvalue weighted by Crippen LogP contribution is 2.38. The van der Waals surface area contributed by atoms with Gasteiger partial charge in [-0.25, -0.2) is 0 Å². The zero-order valence-electron chi connectivity index (χ0n) is 11.1. The molecule has 0 amide bonds. The van der Waals surface area contributed by atoms with Crippen LogP contribution in [0.3, 0.4) is 0 Å². The number of carbonyl (C=O) groups is 1. The maximum atomic E-state index is 12.5. The van der Waals surface area contributed by atoms with E-state index < -0.39 is 0 Å². The third kappa shape index (κ3) is 2.63. The number of methoxy groups -OCH3 is 2. The Hall–Kier alpha value is -2.01. The van der Waals surface area contributed by atoms with E-state index >= 15 is 0 Å². The van der Waals surface area contributed by atoms with Gasteiger partial charge in [0, 0.05) is 11.3 Å². The van der Waals surface area contributed by atoms with E-state index in [1.807, 2.05) is 0 Å². The van der Waals surface area contributed by atoms with Gasteiger partial charge in [0.25, 0.3) is 0 Å². The molecule has 0 heterocycles. The average molecular weight is 336 g/mol. The zero-order valence-corrected chi connectivity index (χ0v) is 12.7. The van der Waals surface area contributed by atoms with Crippen LogP contribution >= 0.6 is 15.9 Å². The van der Waals surface area contributed by atoms with Crippen LogP contribution in [-0.2, 0) is 0 Å². The van der Waals surface area contributed by atoms with Crippen molar-refractivity contribution in [3.63, 3.8) is 0 Å². The first-order valence-corrected chi connectivity index (χ1v) is 6.68. The predicted molar refractivity (Wildman–Crippen MR) is 81.5 cm³/mol. The third-order valence-electron chi connectivity index (χ3n) is 2.90. The molecular weight excluding hydrogens is 322 g/mol. The molecule has 5 heteroatoms. The predicted octanol–water partition coefficient (Wildman–Crippen LogP) is 3.28. The fourth-order valence-electron chi connectivity index (χ4n) is 1.86. The largest absolute Gasteiger partial charge is 0.495 e. The van der Waals surface area contributed by atoms with Gasteiger partial charge in [-0.1, -0.05) is 0 Å². The summed E-state index contributed by atoms with van der Waals surface area (Å²) in [5.41, 5.74) is 7.25. The lowest BCUT2D eigenvalue weighted by atomic mass is 10.0. The van der Waals surface area contributed by atoms with Crippen LogP contribution in [0.15, 0.2) is 40.9 Å². The molecule has 0 saturated heterocycles. The smallest absolute Gasteiger partial charge is 0.196 e. The van der Waals surface area contributed by atoms with Crippen LogP contribution in [0.1, 0.15) is 15.9 Å². The highest BCUT2D eigenvalue weighted by Gasteiger charge is 2.19. The summed E-state index contributed by atoms with van der Waals surface area (Å²) in [5.74, 6) is 0.923. The second-order valence-corrected chi connectivity index (χ2v) is 4.91. The standard InChI is InChI=1S/C15H14BrNO3/c1-19-12-8-7-11(15(20-2)13(12)16)14(18)9-3-5-10(17)6-4-9/h3-8H,17H2,1-2H3. The zero-order chi connectivity index (χ0) is 14.7. The Morgan fingerprint density at radius 3 is 2.25 bits per heavy atom. The lowest BCUT2D eigenvalue weighted by Crippen LogP contribution is -2.05. The van der Waals surface area contributed by atoms with Crippen molar-refractivity contribution in [1.82, 2.24) is 0 Å². The number of halogens is 1. The van der Waals surface area contributed by atoms with Gasteiger partial charge in [-0.15, -0.1) is 0 Å². The van der Waals surface area contributed by atoms with Gasteiger partial charge in [0.05, 0.1) is 19.8 Å². The summed E-state index contributed by atoms with van der Waals surface area (Å²) in [4.78, 5) is 12.5. The molecule has 20 heavy (non-hydrogen) atoms. The number of rotatable bonds is 4. The number of carbonyl (C=O) groups excluding carboxylic acids is 1. The van der Waals surface area contributed by atoms with E-state index in [0.29, 0.717) is 32.8 Å². The minimum absolute atomic E-state index is 0.134. The van der Waals surface area contributed by atoms with Crippen LogP contribution in [0.2, 0.25) is 0 Å². The summed E-state index contributed by atoms with van der Waals surface area (Å²) in [6.45, 7) is 0. The van der Waals surface area contributed by atoms with Gasteiger partial charge in [-0.2, -0.15) is 0 Å². The monoisotopic (exact) mass is 335 g/mol. The number of benzene rings is 2. The van der Waals surface area contributed by atoms with Crippen molar-refractivity contribution in [2.24, 2.45) is 0 Å². The van der Waals surface area contributed by atoms with E-state index in [1.165, 1.54) is 7.11 Å². The third-order valence-corrected chi connectivity index (χ3v) is 3.65. The topological polar surface area (TPSA) is 61.5 Å². The molecule has 2 N–H and O–H groups in total. The summed E-state index contributed by atoms with van der Waals surface area (Å²) in [6, 6.07) is 10.2. The molecule has 0 unspecified atom stereocenters. The molecule has 0 aliphatic rings. The molecule has 0 spiro atoms. The van der Waals surface area contributed by atoms with Crippen molar-refractivity contribution in [2.45, 2.75) is 0 Å². The number of hydrogen-bond acceptors (Lipinski definition) is 4. The quantitative estimate of drug-likeness (QED) is 0.688.